The molecule has 0 amide bonds. The minimum absolute atomic E-state index is 0. The molecule has 0 atom stereocenters. The van der Waals surface area contributed by atoms with Gasteiger partial charge in [-0.3, -0.25) is 0 Å². The number of aromatic nitrogens is 2. The molecule has 1 aliphatic rings. The molecule has 2 aromatic rings. The van der Waals surface area contributed by atoms with Crippen LogP contribution in [0.25, 0.3) is 11.5 Å². The third-order valence-corrected chi connectivity index (χ3v) is 4.39. The average Bonchev–Trinajstić information content (AvgIpc) is 2.79. The first-order valence-electron chi connectivity index (χ1n) is 5.98. The van der Waals surface area contributed by atoms with Gasteiger partial charge in [0.15, 0.2) is 5.82 Å². The van der Waals surface area contributed by atoms with Crippen molar-refractivity contribution in [3.8, 4) is 11.5 Å². The molecule has 4 nitrogen and oxygen atoms in total. The standard InChI is InChI=1S/C13H14BrN3O.ClH/c1-8-3-4-9(7-10(8)14)11-16-12(17-18-11)13(15)5-2-6-13;/h3-4,7H,2,5-6,15H2,1H3;1H. The molecule has 1 heterocycles. The summed E-state index contributed by atoms with van der Waals surface area (Å²) in [4.78, 5) is 4.42. The molecule has 0 bridgehead atoms. The lowest BCUT2D eigenvalue weighted by molar-refractivity contribution is 0.229. The van der Waals surface area contributed by atoms with Crippen LogP contribution in [-0.4, -0.2) is 10.1 Å². The highest BCUT2D eigenvalue weighted by atomic mass is 79.9. The van der Waals surface area contributed by atoms with Gasteiger partial charge in [0, 0.05) is 10.0 Å². The Morgan fingerprint density at radius 1 is 1.37 bits per heavy atom. The van der Waals surface area contributed by atoms with Gasteiger partial charge >= 0.3 is 0 Å². The van der Waals surface area contributed by atoms with Crippen molar-refractivity contribution in [3.63, 3.8) is 0 Å². The molecular weight excluding hydrogens is 330 g/mol. The monoisotopic (exact) mass is 343 g/mol. The van der Waals surface area contributed by atoms with Crippen LogP contribution in [-0.2, 0) is 5.54 Å². The van der Waals surface area contributed by atoms with Crippen LogP contribution in [0.1, 0.15) is 30.7 Å². The Balaban J connectivity index is 0.00000133. The Bertz CT molecular complexity index is 595. The number of hydrogen-bond donors (Lipinski definition) is 1. The Hall–Kier alpha value is -0.910. The van der Waals surface area contributed by atoms with Crippen LogP contribution in [0.4, 0.5) is 0 Å². The van der Waals surface area contributed by atoms with Crippen molar-refractivity contribution < 1.29 is 4.52 Å². The van der Waals surface area contributed by atoms with Crippen molar-refractivity contribution >= 4 is 28.3 Å². The molecule has 0 unspecified atom stereocenters. The van der Waals surface area contributed by atoms with Crippen molar-refractivity contribution in [2.75, 3.05) is 0 Å². The molecule has 0 aliphatic heterocycles. The van der Waals surface area contributed by atoms with Gasteiger partial charge in [-0.25, -0.2) is 0 Å². The fourth-order valence-corrected chi connectivity index (χ4v) is 2.43. The molecule has 3 rings (SSSR count). The number of aryl methyl sites for hydroxylation is 1. The number of nitrogens with two attached hydrogens (primary N) is 1. The van der Waals surface area contributed by atoms with Gasteiger partial charge in [0.05, 0.1) is 5.54 Å². The van der Waals surface area contributed by atoms with E-state index in [1.807, 2.05) is 25.1 Å². The Kier molecular flexibility index (Phi) is 3.99. The molecule has 0 saturated heterocycles. The summed E-state index contributed by atoms with van der Waals surface area (Å²) in [5, 5.41) is 4.01. The maximum Gasteiger partial charge on any atom is 0.258 e. The van der Waals surface area contributed by atoms with Crippen molar-refractivity contribution in [1.82, 2.24) is 10.1 Å². The summed E-state index contributed by atoms with van der Waals surface area (Å²) in [6.07, 6.45) is 3.00. The van der Waals surface area contributed by atoms with Crippen molar-refractivity contribution in [2.45, 2.75) is 31.7 Å². The zero-order valence-corrected chi connectivity index (χ0v) is 12.9. The summed E-state index contributed by atoms with van der Waals surface area (Å²) in [5.74, 6) is 1.16. The van der Waals surface area contributed by atoms with Gasteiger partial charge in [0.25, 0.3) is 5.89 Å². The van der Waals surface area contributed by atoms with E-state index in [1.54, 1.807) is 0 Å². The van der Waals surface area contributed by atoms with Gasteiger partial charge < -0.3 is 10.3 Å². The molecule has 0 spiro atoms. The minimum atomic E-state index is -0.371. The van der Waals surface area contributed by atoms with Crippen molar-refractivity contribution in [3.05, 3.63) is 34.1 Å². The van der Waals surface area contributed by atoms with E-state index in [2.05, 4.69) is 26.1 Å². The van der Waals surface area contributed by atoms with Gasteiger partial charge in [0.1, 0.15) is 0 Å². The number of rotatable bonds is 2. The number of benzene rings is 1. The third kappa shape index (κ3) is 2.55. The Morgan fingerprint density at radius 2 is 2.11 bits per heavy atom. The van der Waals surface area contributed by atoms with E-state index in [0.717, 1.165) is 29.3 Å². The van der Waals surface area contributed by atoms with Crippen LogP contribution in [0.2, 0.25) is 0 Å². The summed E-state index contributed by atoms with van der Waals surface area (Å²) in [6, 6.07) is 5.97. The van der Waals surface area contributed by atoms with Crippen molar-refractivity contribution in [1.29, 1.82) is 0 Å². The van der Waals surface area contributed by atoms with E-state index in [1.165, 1.54) is 5.56 Å². The van der Waals surface area contributed by atoms with Crippen LogP contribution in [0.5, 0.6) is 0 Å². The average molecular weight is 345 g/mol. The smallest absolute Gasteiger partial charge is 0.258 e. The second-order valence-corrected chi connectivity index (χ2v) is 5.75. The zero-order chi connectivity index (χ0) is 12.8. The van der Waals surface area contributed by atoms with Gasteiger partial charge in [-0.15, -0.1) is 12.4 Å². The van der Waals surface area contributed by atoms with Gasteiger partial charge in [-0.05, 0) is 43.9 Å². The second kappa shape index (κ2) is 5.23. The van der Waals surface area contributed by atoms with Crippen LogP contribution in [0, 0.1) is 6.92 Å². The van der Waals surface area contributed by atoms with E-state index in [9.17, 15) is 0 Å². The van der Waals surface area contributed by atoms with E-state index in [4.69, 9.17) is 10.3 Å². The van der Waals surface area contributed by atoms with Crippen LogP contribution < -0.4 is 5.73 Å². The van der Waals surface area contributed by atoms with Crippen LogP contribution in [0.3, 0.4) is 0 Å². The molecular formula is C13H15BrClN3O. The Morgan fingerprint density at radius 3 is 2.68 bits per heavy atom. The maximum atomic E-state index is 6.18. The molecule has 19 heavy (non-hydrogen) atoms. The molecule has 1 fully saturated rings. The highest BCUT2D eigenvalue weighted by Gasteiger charge is 2.39. The first-order valence-corrected chi connectivity index (χ1v) is 6.77. The lowest BCUT2D eigenvalue weighted by atomic mass is 9.77. The first kappa shape index (κ1) is 14.5. The molecule has 6 heteroatoms. The molecule has 102 valence electrons. The SMILES string of the molecule is Cc1ccc(-c2nc(C3(N)CCC3)no2)cc1Br.Cl. The highest BCUT2D eigenvalue weighted by Crippen LogP contribution is 2.37. The molecule has 1 aromatic heterocycles. The molecule has 1 aromatic carbocycles. The zero-order valence-electron chi connectivity index (χ0n) is 10.5. The minimum Gasteiger partial charge on any atom is -0.334 e. The molecule has 0 radical (unpaired) electrons. The van der Waals surface area contributed by atoms with Crippen LogP contribution in [0.15, 0.2) is 27.2 Å². The topological polar surface area (TPSA) is 64.9 Å². The van der Waals surface area contributed by atoms with Gasteiger partial charge in [0.2, 0.25) is 0 Å². The number of hydrogen-bond acceptors (Lipinski definition) is 4. The molecule has 1 aliphatic carbocycles. The second-order valence-electron chi connectivity index (χ2n) is 4.90. The fourth-order valence-electron chi connectivity index (χ4n) is 2.05. The lowest BCUT2D eigenvalue weighted by Gasteiger charge is -2.34. The summed E-state index contributed by atoms with van der Waals surface area (Å²) in [7, 11) is 0. The normalized spacial score (nSPS) is 16.6. The summed E-state index contributed by atoms with van der Waals surface area (Å²) < 4.78 is 6.34. The van der Waals surface area contributed by atoms with Crippen LogP contribution >= 0.6 is 28.3 Å². The lowest BCUT2D eigenvalue weighted by Crippen LogP contribution is -2.44. The predicted octanol–water partition coefficient (Wildman–Crippen LogP) is 3.57. The first-order chi connectivity index (χ1) is 8.58. The van der Waals surface area contributed by atoms with Gasteiger partial charge in [-0.1, -0.05) is 27.2 Å². The molecule has 2 N–H and O–H groups in total. The van der Waals surface area contributed by atoms with Gasteiger partial charge in [-0.2, -0.15) is 4.98 Å². The number of nitrogens with zero attached hydrogens (tertiary/aromatic N) is 2. The summed E-state index contributed by atoms with van der Waals surface area (Å²) in [5.41, 5.74) is 7.89. The largest absolute Gasteiger partial charge is 0.334 e. The van der Waals surface area contributed by atoms with Crippen molar-refractivity contribution in [2.24, 2.45) is 5.73 Å². The third-order valence-electron chi connectivity index (χ3n) is 3.54. The molecule has 1 saturated carbocycles. The number of halogens is 2. The van der Waals surface area contributed by atoms with E-state index < -0.39 is 0 Å². The van der Waals surface area contributed by atoms with E-state index in [0.29, 0.717) is 11.7 Å². The fraction of sp³-hybridized carbons (Fsp3) is 0.385. The Labute approximate surface area is 126 Å². The van der Waals surface area contributed by atoms with E-state index in [-0.39, 0.29) is 17.9 Å². The maximum absolute atomic E-state index is 6.18. The highest BCUT2D eigenvalue weighted by molar-refractivity contribution is 9.10. The summed E-state index contributed by atoms with van der Waals surface area (Å²) >= 11 is 3.50. The van der Waals surface area contributed by atoms with E-state index >= 15 is 0 Å². The summed E-state index contributed by atoms with van der Waals surface area (Å²) in [6.45, 7) is 2.04. The predicted molar refractivity (Wildman–Crippen MR) is 79.1 cm³/mol. The quantitative estimate of drug-likeness (QED) is 0.904.